The number of benzene rings is 2. The van der Waals surface area contributed by atoms with Gasteiger partial charge in [0, 0.05) is 17.7 Å². The van der Waals surface area contributed by atoms with Gasteiger partial charge in [0.2, 0.25) is 23.8 Å². The van der Waals surface area contributed by atoms with Gasteiger partial charge in [-0.15, -0.1) is 0 Å². The summed E-state index contributed by atoms with van der Waals surface area (Å²) in [4.78, 5) is 14.5. The number of fused-ring (bicyclic) bond motifs is 1. The number of aliphatic hydroxyl groups excluding tert-OH is 12. The lowest BCUT2D eigenvalue weighted by Gasteiger charge is -2.45. The summed E-state index contributed by atoms with van der Waals surface area (Å²) in [5, 5.41) is 146. The van der Waals surface area contributed by atoms with Gasteiger partial charge in [-0.2, -0.15) is 0 Å². The van der Waals surface area contributed by atoms with E-state index in [1.165, 1.54) is 38.1 Å². The van der Waals surface area contributed by atoms with E-state index in [0.29, 0.717) is 0 Å². The summed E-state index contributed by atoms with van der Waals surface area (Å²) in [5.41, 5.74) is -1.36. The van der Waals surface area contributed by atoms with Crippen LogP contribution in [0.5, 0.6) is 23.0 Å². The van der Waals surface area contributed by atoms with Gasteiger partial charge in [-0.3, -0.25) is 4.79 Å². The molecule has 4 fully saturated rings. The maximum Gasteiger partial charge on any atom is 0.239 e. The highest BCUT2D eigenvalue weighted by atomic mass is 16.8. The zero-order chi connectivity index (χ0) is 45.8. The summed E-state index contributed by atoms with van der Waals surface area (Å²) >= 11 is 0. The molecule has 4 aliphatic rings. The monoisotopic (exact) mass is 902 g/mol. The van der Waals surface area contributed by atoms with Gasteiger partial charge in [-0.05, 0) is 38.1 Å². The Morgan fingerprint density at radius 3 is 1.51 bits per heavy atom. The van der Waals surface area contributed by atoms with Crippen molar-refractivity contribution >= 4 is 11.0 Å². The van der Waals surface area contributed by atoms with Crippen molar-refractivity contribution in [2.24, 2.45) is 0 Å². The van der Waals surface area contributed by atoms with Crippen LogP contribution in [0.4, 0.5) is 0 Å². The number of aliphatic hydroxyl groups is 12. The van der Waals surface area contributed by atoms with Crippen LogP contribution in [0, 0.1) is 0 Å². The van der Waals surface area contributed by atoms with Crippen molar-refractivity contribution < 1.29 is 114 Å². The molecule has 63 heavy (non-hydrogen) atoms. The van der Waals surface area contributed by atoms with Crippen LogP contribution in [0.1, 0.15) is 13.8 Å². The van der Waals surface area contributed by atoms with Gasteiger partial charge in [0.15, 0.2) is 30.5 Å². The number of hydrogen-bond donors (Lipinski definition) is 14. The predicted octanol–water partition coefficient (Wildman–Crippen LogP) is -5.07. The van der Waals surface area contributed by atoms with E-state index < -0.39 is 158 Å². The van der Waals surface area contributed by atoms with E-state index in [-0.39, 0.29) is 28.4 Å². The first kappa shape index (κ1) is 47.1. The normalized spacial score (nSPS) is 41.0. The molecule has 3 aromatic rings. The molecule has 350 valence electrons. The quantitative estimate of drug-likeness (QED) is 0.0856. The minimum Gasteiger partial charge on any atom is -0.508 e. The predicted molar refractivity (Wildman–Crippen MR) is 202 cm³/mol. The fourth-order valence-electron chi connectivity index (χ4n) is 7.64. The molecule has 4 saturated heterocycles. The van der Waals surface area contributed by atoms with Crippen molar-refractivity contribution in [2.45, 2.75) is 137 Å². The van der Waals surface area contributed by atoms with Crippen molar-refractivity contribution in [1.29, 1.82) is 0 Å². The number of aromatic hydroxyl groups is 2. The second kappa shape index (κ2) is 18.9. The van der Waals surface area contributed by atoms with Gasteiger partial charge >= 0.3 is 0 Å². The zero-order valence-electron chi connectivity index (χ0n) is 33.3. The van der Waals surface area contributed by atoms with Crippen LogP contribution in [0.15, 0.2) is 45.6 Å². The Labute approximate surface area is 355 Å². The van der Waals surface area contributed by atoms with Crippen LogP contribution < -0.4 is 14.9 Å². The average Bonchev–Trinajstić information content (AvgIpc) is 3.25. The van der Waals surface area contributed by atoms with Crippen molar-refractivity contribution in [3.63, 3.8) is 0 Å². The fraction of sp³-hybridized carbons (Fsp3) is 0.615. The summed E-state index contributed by atoms with van der Waals surface area (Å²) in [7, 11) is 0. The van der Waals surface area contributed by atoms with Crippen LogP contribution in [0.3, 0.4) is 0 Å². The third-order valence-electron chi connectivity index (χ3n) is 11.4. The molecule has 1 aromatic heterocycles. The molecule has 0 aliphatic carbocycles. The summed E-state index contributed by atoms with van der Waals surface area (Å²) in [6.07, 6.45) is -34.1. The molecule has 20 atom stereocenters. The highest BCUT2D eigenvalue weighted by Crippen LogP contribution is 2.40. The smallest absolute Gasteiger partial charge is 0.239 e. The molecule has 0 radical (unpaired) electrons. The number of phenolic OH excluding ortho intramolecular Hbond substituents is 2. The minimum absolute atomic E-state index is 0.0815. The molecule has 0 amide bonds. The van der Waals surface area contributed by atoms with Crippen LogP contribution in [-0.2, 0) is 28.4 Å². The summed E-state index contributed by atoms with van der Waals surface area (Å²) in [6.45, 7) is 1.10. The second-order valence-corrected chi connectivity index (χ2v) is 15.7. The van der Waals surface area contributed by atoms with E-state index in [4.69, 9.17) is 42.3 Å². The van der Waals surface area contributed by atoms with Gasteiger partial charge in [0.1, 0.15) is 101 Å². The first-order valence-electron chi connectivity index (χ1n) is 19.8. The molecule has 0 spiro atoms. The second-order valence-electron chi connectivity index (χ2n) is 15.7. The van der Waals surface area contributed by atoms with E-state index in [9.17, 15) is 76.3 Å². The molecule has 7 rings (SSSR count). The van der Waals surface area contributed by atoms with E-state index in [1.807, 2.05) is 0 Å². The first-order valence-corrected chi connectivity index (χ1v) is 19.8. The Bertz CT molecular complexity index is 2080. The van der Waals surface area contributed by atoms with Crippen molar-refractivity contribution in [1.82, 2.24) is 0 Å². The van der Waals surface area contributed by atoms with Crippen molar-refractivity contribution in [3.05, 3.63) is 46.6 Å². The minimum atomic E-state index is -1.97. The van der Waals surface area contributed by atoms with Crippen LogP contribution in [0.2, 0.25) is 0 Å². The number of hydrogen-bond acceptors (Lipinski definition) is 24. The van der Waals surface area contributed by atoms with E-state index in [2.05, 4.69) is 0 Å². The van der Waals surface area contributed by atoms with Crippen molar-refractivity contribution in [3.8, 4) is 34.3 Å². The average molecular weight is 903 g/mol. The molecular formula is C39H50O24. The molecule has 2 aromatic carbocycles. The fourth-order valence-corrected chi connectivity index (χ4v) is 7.64. The van der Waals surface area contributed by atoms with Crippen LogP contribution in [0.25, 0.3) is 22.3 Å². The van der Waals surface area contributed by atoms with E-state index in [0.717, 1.165) is 12.1 Å². The SMILES string of the molecule is C[C@@H]1O[C@@H](Oc2cc(O)c3c(=O)c(O[C@@H]4O[C@@H](C)[C@H](O)[C@@H](O)[C@H]4O[C@@H]4O[C@H](CO)[C@@H](O)[C@H](O)[C@H]4O)c(-c4ccc(O)cc4)oc3c2)[C@H](O[C@@H]2O[C@H](CO)[C@@H](O)[C@H](O)[C@H]2O)[C@H](O)[C@H]1O. The largest absolute Gasteiger partial charge is 0.508 e. The lowest BCUT2D eigenvalue weighted by Crippen LogP contribution is -2.64. The van der Waals surface area contributed by atoms with Gasteiger partial charge in [0.25, 0.3) is 0 Å². The Morgan fingerprint density at radius 2 is 1.03 bits per heavy atom. The lowest BCUT2D eigenvalue weighted by molar-refractivity contribution is -0.355. The topological polar surface area (TPSA) is 387 Å². The van der Waals surface area contributed by atoms with Crippen LogP contribution >= 0.6 is 0 Å². The third-order valence-corrected chi connectivity index (χ3v) is 11.4. The third kappa shape index (κ3) is 9.07. The lowest BCUT2D eigenvalue weighted by atomic mass is 9.97. The van der Waals surface area contributed by atoms with Gasteiger partial charge in [0.05, 0.1) is 25.4 Å². The molecule has 24 heteroatoms. The number of ether oxygens (including phenoxy) is 8. The van der Waals surface area contributed by atoms with Gasteiger partial charge in [-0.1, -0.05) is 0 Å². The molecule has 0 saturated carbocycles. The molecule has 24 nitrogen and oxygen atoms in total. The highest BCUT2D eigenvalue weighted by molar-refractivity contribution is 5.88. The summed E-state index contributed by atoms with van der Waals surface area (Å²) in [6, 6.07) is 7.17. The molecule has 0 unspecified atom stereocenters. The Balaban J connectivity index is 1.24. The molecular weight excluding hydrogens is 852 g/mol. The summed E-state index contributed by atoms with van der Waals surface area (Å²) < 4.78 is 52.1. The van der Waals surface area contributed by atoms with E-state index in [1.54, 1.807) is 0 Å². The maximum atomic E-state index is 14.5. The Kier molecular flexibility index (Phi) is 14.1. The molecule has 14 N–H and O–H groups in total. The number of phenols is 2. The molecule has 0 bridgehead atoms. The van der Waals surface area contributed by atoms with Crippen molar-refractivity contribution in [2.75, 3.05) is 13.2 Å². The van der Waals surface area contributed by atoms with E-state index >= 15 is 0 Å². The maximum absolute atomic E-state index is 14.5. The molecule has 5 heterocycles. The standard InChI is InChI=1S/C39H50O24/c1-11-21(44)28(51)34(62-36-30(53)26(49)23(46)18(9-40)59-36)38(55-11)57-15-7-16(43)20-17(8-15)58-32(13-3-5-14(42)6-4-13)33(25(20)48)61-39-35(29(52)22(45)12(2)56-39)63-37-31(54)27(50)24(47)19(10-41)60-37/h3-8,11-12,18-19,21-24,26-31,34-47,49-54H,9-10H2,1-2H3/t11-,12-,18+,19+,21-,22-,23+,24+,26-,27-,28+,29+,30+,31+,34+,35+,36-,37-,38-,39-/m0/s1. The molecule has 4 aliphatic heterocycles. The van der Waals surface area contributed by atoms with Gasteiger partial charge in [-0.25, -0.2) is 0 Å². The van der Waals surface area contributed by atoms with Gasteiger partial charge < -0.3 is 114 Å². The summed E-state index contributed by atoms with van der Waals surface area (Å²) in [5.74, 6) is -2.35. The Hall–Kier alpha value is -3.87. The first-order chi connectivity index (χ1) is 29.8. The number of rotatable bonds is 11. The highest BCUT2D eigenvalue weighted by Gasteiger charge is 2.53. The Morgan fingerprint density at radius 1 is 0.556 bits per heavy atom. The zero-order valence-corrected chi connectivity index (χ0v) is 33.3. The van der Waals surface area contributed by atoms with Crippen LogP contribution in [-0.4, -0.2) is 208 Å².